The smallest absolute Gasteiger partial charge is 0.320 e. The van der Waals surface area contributed by atoms with Crippen molar-refractivity contribution in [1.29, 1.82) is 0 Å². The van der Waals surface area contributed by atoms with Crippen molar-refractivity contribution < 1.29 is 14.3 Å². The molecule has 0 aromatic heterocycles. The number of carbonyl (C=O) groups excluding carboxylic acids is 2. The Hall–Kier alpha value is -1.12. The fraction of sp³-hybridized carbons (Fsp3) is 0.692. The van der Waals surface area contributed by atoms with E-state index in [9.17, 15) is 9.59 Å². The zero-order valence-electron chi connectivity index (χ0n) is 10.3. The number of hydrogen-bond acceptors (Lipinski definition) is 3. The van der Waals surface area contributed by atoms with Gasteiger partial charge >= 0.3 is 5.97 Å². The molecule has 1 saturated carbocycles. The molecule has 0 heterocycles. The van der Waals surface area contributed by atoms with E-state index in [2.05, 4.69) is 6.58 Å². The van der Waals surface area contributed by atoms with Crippen LogP contribution < -0.4 is 0 Å². The van der Waals surface area contributed by atoms with Crippen molar-refractivity contribution in [2.75, 3.05) is 6.61 Å². The lowest BCUT2D eigenvalue weighted by atomic mass is 9.73. The third-order valence-corrected chi connectivity index (χ3v) is 3.36. The first kappa shape index (κ1) is 12.9. The topological polar surface area (TPSA) is 43.4 Å². The summed E-state index contributed by atoms with van der Waals surface area (Å²) in [6, 6.07) is 0. The minimum atomic E-state index is -0.957. The molecule has 1 fully saturated rings. The highest BCUT2D eigenvalue weighted by molar-refractivity contribution is 6.06. The molecule has 0 saturated heterocycles. The molecule has 16 heavy (non-hydrogen) atoms. The second kappa shape index (κ2) is 4.81. The molecule has 3 heteroatoms. The van der Waals surface area contributed by atoms with Crippen LogP contribution in [-0.2, 0) is 14.3 Å². The van der Waals surface area contributed by atoms with Gasteiger partial charge in [-0.05, 0) is 32.6 Å². The zero-order chi connectivity index (χ0) is 12.3. The van der Waals surface area contributed by atoms with Crippen LogP contribution in [0.5, 0.6) is 0 Å². The van der Waals surface area contributed by atoms with Gasteiger partial charge in [-0.3, -0.25) is 9.59 Å². The monoisotopic (exact) mass is 224 g/mol. The summed E-state index contributed by atoms with van der Waals surface area (Å²) in [5.41, 5.74) is -0.0999. The third-order valence-electron chi connectivity index (χ3n) is 3.36. The predicted molar refractivity (Wildman–Crippen MR) is 61.9 cm³/mol. The van der Waals surface area contributed by atoms with Crippen LogP contribution in [0.15, 0.2) is 12.2 Å². The van der Waals surface area contributed by atoms with E-state index in [1.54, 1.807) is 6.92 Å². The first-order valence-corrected chi connectivity index (χ1v) is 5.80. The molecule has 0 N–H and O–H groups in total. The van der Waals surface area contributed by atoms with Crippen LogP contribution in [0.25, 0.3) is 0 Å². The molecule has 0 radical (unpaired) electrons. The van der Waals surface area contributed by atoms with E-state index >= 15 is 0 Å². The Morgan fingerprint density at radius 2 is 2.25 bits per heavy atom. The number of ketones is 1. The van der Waals surface area contributed by atoms with E-state index in [0.717, 1.165) is 12.0 Å². The highest BCUT2D eigenvalue weighted by atomic mass is 16.5. The van der Waals surface area contributed by atoms with Gasteiger partial charge in [0.1, 0.15) is 5.41 Å². The van der Waals surface area contributed by atoms with Crippen LogP contribution in [0, 0.1) is 11.3 Å². The molecule has 0 amide bonds. The largest absolute Gasteiger partial charge is 0.465 e. The molecule has 3 nitrogen and oxygen atoms in total. The van der Waals surface area contributed by atoms with Crippen LogP contribution in [0.3, 0.4) is 0 Å². The molecule has 90 valence electrons. The second-order valence-corrected chi connectivity index (χ2v) is 4.69. The van der Waals surface area contributed by atoms with Crippen LogP contribution in [0.4, 0.5) is 0 Å². The molecule has 0 aliphatic heterocycles. The molecule has 0 aromatic rings. The summed E-state index contributed by atoms with van der Waals surface area (Å²) in [6.45, 7) is 9.69. The van der Waals surface area contributed by atoms with Crippen LogP contribution in [0.2, 0.25) is 0 Å². The first-order valence-electron chi connectivity index (χ1n) is 5.80. The van der Waals surface area contributed by atoms with Gasteiger partial charge in [0.2, 0.25) is 0 Å². The average molecular weight is 224 g/mol. The minimum Gasteiger partial charge on any atom is -0.465 e. The zero-order valence-corrected chi connectivity index (χ0v) is 10.3. The third kappa shape index (κ3) is 2.04. The summed E-state index contributed by atoms with van der Waals surface area (Å²) in [5.74, 6) is -0.301. The number of allylic oxidation sites excluding steroid dienone is 1. The van der Waals surface area contributed by atoms with E-state index < -0.39 is 5.41 Å². The Morgan fingerprint density at radius 3 is 2.62 bits per heavy atom. The van der Waals surface area contributed by atoms with Gasteiger partial charge < -0.3 is 4.74 Å². The Bertz CT molecular complexity index is 319. The van der Waals surface area contributed by atoms with E-state index in [4.69, 9.17) is 4.74 Å². The lowest BCUT2D eigenvalue weighted by Gasteiger charge is -2.29. The minimum absolute atomic E-state index is 0.0152. The maximum Gasteiger partial charge on any atom is 0.320 e. The number of rotatable bonds is 4. The van der Waals surface area contributed by atoms with Crippen LogP contribution >= 0.6 is 0 Å². The SMILES string of the molecule is C=C(C)C[C@]1(C(=O)OCC)C(=O)CC[C@H]1C. The lowest BCUT2D eigenvalue weighted by Crippen LogP contribution is -2.41. The average Bonchev–Trinajstić information content (AvgIpc) is 2.46. The molecular formula is C13H20O3. The van der Waals surface area contributed by atoms with Crippen molar-refractivity contribution >= 4 is 11.8 Å². The Morgan fingerprint density at radius 1 is 1.62 bits per heavy atom. The summed E-state index contributed by atoms with van der Waals surface area (Å²) in [7, 11) is 0. The molecule has 0 aromatic carbocycles. The molecule has 0 spiro atoms. The maximum atomic E-state index is 12.0. The number of hydrogen-bond donors (Lipinski definition) is 0. The quantitative estimate of drug-likeness (QED) is 0.418. The molecule has 2 atom stereocenters. The van der Waals surface area contributed by atoms with E-state index in [-0.39, 0.29) is 17.7 Å². The lowest BCUT2D eigenvalue weighted by molar-refractivity contribution is -0.161. The van der Waals surface area contributed by atoms with Gasteiger partial charge in [-0.2, -0.15) is 0 Å². The van der Waals surface area contributed by atoms with Gasteiger partial charge in [0.15, 0.2) is 5.78 Å². The maximum absolute atomic E-state index is 12.0. The molecule has 1 rings (SSSR count). The predicted octanol–water partition coefficient (Wildman–Crippen LogP) is 2.50. The highest BCUT2D eigenvalue weighted by Crippen LogP contribution is 2.45. The summed E-state index contributed by atoms with van der Waals surface area (Å²) >= 11 is 0. The van der Waals surface area contributed by atoms with Crippen molar-refractivity contribution in [2.24, 2.45) is 11.3 Å². The molecular weight excluding hydrogens is 204 g/mol. The van der Waals surface area contributed by atoms with Crippen molar-refractivity contribution in [3.8, 4) is 0 Å². The van der Waals surface area contributed by atoms with Crippen molar-refractivity contribution in [2.45, 2.75) is 40.0 Å². The van der Waals surface area contributed by atoms with Crippen molar-refractivity contribution in [1.82, 2.24) is 0 Å². The number of Topliss-reactive ketones (excluding diaryl/α,β-unsaturated/α-hetero) is 1. The van der Waals surface area contributed by atoms with E-state index in [1.165, 1.54) is 0 Å². The Labute approximate surface area is 96.9 Å². The van der Waals surface area contributed by atoms with Gasteiger partial charge in [-0.25, -0.2) is 0 Å². The van der Waals surface area contributed by atoms with Gasteiger partial charge in [0.25, 0.3) is 0 Å². The summed E-state index contributed by atoms with van der Waals surface area (Å²) < 4.78 is 5.07. The van der Waals surface area contributed by atoms with Crippen molar-refractivity contribution in [3.63, 3.8) is 0 Å². The van der Waals surface area contributed by atoms with Crippen LogP contribution in [0.1, 0.15) is 40.0 Å². The highest BCUT2D eigenvalue weighted by Gasteiger charge is 2.54. The molecule has 1 aliphatic carbocycles. The Balaban J connectivity index is 3.05. The Kier molecular flexibility index (Phi) is 3.89. The fourth-order valence-corrected chi connectivity index (χ4v) is 2.49. The van der Waals surface area contributed by atoms with Gasteiger partial charge in [0.05, 0.1) is 6.61 Å². The number of esters is 1. The summed E-state index contributed by atoms with van der Waals surface area (Å²) in [4.78, 5) is 24.1. The first-order chi connectivity index (χ1) is 7.45. The van der Waals surface area contributed by atoms with Crippen LogP contribution in [-0.4, -0.2) is 18.4 Å². The normalized spacial score (nSPS) is 29.2. The summed E-state index contributed by atoms with van der Waals surface area (Å²) in [6.07, 6.45) is 1.67. The molecule has 0 bridgehead atoms. The summed E-state index contributed by atoms with van der Waals surface area (Å²) in [5, 5.41) is 0. The second-order valence-electron chi connectivity index (χ2n) is 4.69. The van der Waals surface area contributed by atoms with E-state index in [0.29, 0.717) is 19.4 Å². The fourth-order valence-electron chi connectivity index (χ4n) is 2.49. The molecule has 0 unspecified atom stereocenters. The van der Waals surface area contributed by atoms with E-state index in [1.807, 2.05) is 13.8 Å². The van der Waals surface area contributed by atoms with Gasteiger partial charge in [0, 0.05) is 6.42 Å². The van der Waals surface area contributed by atoms with Gasteiger partial charge in [-0.1, -0.05) is 12.5 Å². The number of ether oxygens (including phenoxy) is 1. The molecule has 1 aliphatic rings. The standard InChI is InChI=1S/C13H20O3/c1-5-16-12(15)13(8-9(2)3)10(4)6-7-11(13)14/h10H,2,5-8H2,1,3-4H3/t10-,13-/m1/s1. The van der Waals surface area contributed by atoms with Crippen molar-refractivity contribution in [3.05, 3.63) is 12.2 Å². The number of carbonyl (C=O) groups is 2. The van der Waals surface area contributed by atoms with Gasteiger partial charge in [-0.15, -0.1) is 6.58 Å².